The Labute approximate surface area is 210 Å². The number of hydrogen-bond donors (Lipinski definition) is 0. The molecule has 3 aromatic carbocycles. The van der Waals surface area contributed by atoms with E-state index in [4.69, 9.17) is 27.9 Å². The molecule has 2 saturated heterocycles. The van der Waals surface area contributed by atoms with Gasteiger partial charge in [0.15, 0.2) is 0 Å². The van der Waals surface area contributed by atoms with Gasteiger partial charge in [-0.2, -0.15) is 0 Å². The topological polar surface area (TPSA) is 80.8 Å². The van der Waals surface area contributed by atoms with Crippen LogP contribution in [0.4, 0.5) is 5.69 Å². The Morgan fingerprint density at radius 1 is 0.800 bits per heavy atom. The van der Waals surface area contributed by atoms with Gasteiger partial charge in [-0.15, -0.1) is 0 Å². The minimum absolute atomic E-state index is 0.186. The van der Waals surface area contributed by atoms with E-state index in [0.29, 0.717) is 26.9 Å². The number of halogens is 2. The second-order valence-corrected chi connectivity index (χ2v) is 9.85. The number of anilines is 1. The normalized spacial score (nSPS) is 24.4. The van der Waals surface area contributed by atoms with Crippen LogP contribution in [0.25, 0.3) is 0 Å². The maximum atomic E-state index is 14.0. The molecule has 35 heavy (non-hydrogen) atoms. The fraction of sp³-hybridized carbons (Fsp3) is 0.185. The Hall–Kier alpha value is -3.32. The van der Waals surface area contributed by atoms with Crippen molar-refractivity contribution in [1.82, 2.24) is 0 Å². The van der Waals surface area contributed by atoms with Crippen LogP contribution in [-0.4, -0.2) is 29.0 Å². The summed E-state index contributed by atoms with van der Waals surface area (Å²) in [4.78, 5) is 56.4. The van der Waals surface area contributed by atoms with E-state index >= 15 is 0 Å². The summed E-state index contributed by atoms with van der Waals surface area (Å²) in [7, 11) is 0. The molecule has 1 aliphatic carbocycles. The fourth-order valence-electron chi connectivity index (χ4n) is 5.53. The Morgan fingerprint density at radius 2 is 1.40 bits per heavy atom. The van der Waals surface area contributed by atoms with Crippen molar-refractivity contribution >= 4 is 52.3 Å². The third kappa shape index (κ3) is 2.88. The zero-order valence-electron chi connectivity index (χ0n) is 18.3. The molecule has 2 aliphatic heterocycles. The maximum Gasteiger partial charge on any atom is 0.241 e. The Kier molecular flexibility index (Phi) is 4.81. The van der Waals surface area contributed by atoms with Crippen molar-refractivity contribution in [2.75, 3.05) is 4.90 Å². The van der Waals surface area contributed by atoms with Crippen molar-refractivity contribution in [3.63, 3.8) is 0 Å². The lowest BCUT2D eigenvalue weighted by molar-refractivity contribution is -0.127. The van der Waals surface area contributed by atoms with Crippen molar-refractivity contribution in [3.05, 3.63) is 99.0 Å². The van der Waals surface area contributed by atoms with E-state index in [2.05, 4.69) is 0 Å². The summed E-state index contributed by atoms with van der Waals surface area (Å²) in [5.41, 5.74) is -0.226. The first kappa shape index (κ1) is 22.2. The van der Waals surface area contributed by atoms with Gasteiger partial charge in [0.2, 0.25) is 29.0 Å². The van der Waals surface area contributed by atoms with Gasteiger partial charge in [-0.1, -0.05) is 65.7 Å². The number of nitrogens with zero attached hydrogens (tertiary/aromatic N) is 1. The smallest absolute Gasteiger partial charge is 0.241 e. The van der Waals surface area contributed by atoms with Crippen molar-refractivity contribution in [3.8, 4) is 0 Å². The first-order valence-corrected chi connectivity index (χ1v) is 11.8. The third-order valence-electron chi connectivity index (χ3n) is 7.13. The molecule has 6 nitrogen and oxygen atoms in total. The highest BCUT2D eigenvalue weighted by Gasteiger charge is 2.74. The standard InChI is InChI=1S/C27H17Cl2NO5/c1-13-6-9-16(29)12-19(13)30-25(33)20-21(26(30)34)27(35-22(20)14-7-10-15(28)11-8-14)23(31)17-4-2-3-5-18(17)24(27)32/h2-12,20-22H,1H3. The van der Waals surface area contributed by atoms with Gasteiger partial charge in [-0.25, -0.2) is 4.90 Å². The Balaban J connectivity index is 1.56. The highest BCUT2D eigenvalue weighted by atomic mass is 35.5. The predicted molar refractivity (Wildman–Crippen MR) is 129 cm³/mol. The quantitative estimate of drug-likeness (QED) is 0.361. The van der Waals surface area contributed by atoms with Crippen LogP contribution in [0.2, 0.25) is 10.0 Å². The van der Waals surface area contributed by atoms with E-state index in [9.17, 15) is 19.2 Å². The van der Waals surface area contributed by atoms with Gasteiger partial charge in [0.25, 0.3) is 0 Å². The summed E-state index contributed by atoms with van der Waals surface area (Å²) in [6, 6.07) is 17.9. The van der Waals surface area contributed by atoms with Gasteiger partial charge >= 0.3 is 0 Å². The largest absolute Gasteiger partial charge is 0.349 e. The number of ketones is 2. The lowest BCUT2D eigenvalue weighted by atomic mass is 9.77. The molecule has 0 N–H and O–H groups in total. The minimum Gasteiger partial charge on any atom is -0.349 e. The van der Waals surface area contributed by atoms with Crippen LogP contribution in [0.1, 0.15) is 37.9 Å². The fourth-order valence-corrected chi connectivity index (χ4v) is 5.82. The lowest BCUT2D eigenvalue weighted by Gasteiger charge is -2.27. The van der Waals surface area contributed by atoms with Crippen molar-refractivity contribution in [2.24, 2.45) is 11.8 Å². The molecule has 2 fully saturated rings. The molecule has 174 valence electrons. The Bertz CT molecular complexity index is 1430. The van der Waals surface area contributed by atoms with Gasteiger partial charge in [-0.05, 0) is 42.3 Å². The lowest BCUT2D eigenvalue weighted by Crippen LogP contribution is -2.51. The number of fused-ring (bicyclic) bond motifs is 3. The highest BCUT2D eigenvalue weighted by molar-refractivity contribution is 6.37. The van der Waals surface area contributed by atoms with Crippen LogP contribution in [0, 0.1) is 18.8 Å². The van der Waals surface area contributed by atoms with Crippen LogP contribution in [0.15, 0.2) is 66.7 Å². The number of carbonyl (C=O) groups excluding carboxylic acids is 4. The number of imide groups is 1. The number of aryl methyl sites for hydroxylation is 1. The minimum atomic E-state index is -2.12. The molecule has 6 rings (SSSR count). The van der Waals surface area contributed by atoms with E-state index in [1.54, 1.807) is 67.6 Å². The molecule has 2 amide bonds. The average molecular weight is 506 g/mol. The first-order chi connectivity index (χ1) is 16.8. The number of rotatable bonds is 2. The molecule has 0 bridgehead atoms. The molecule has 0 aromatic heterocycles. The first-order valence-electron chi connectivity index (χ1n) is 11.0. The average Bonchev–Trinajstić information content (AvgIpc) is 3.41. The number of Topliss-reactive ketones (excluding diaryl/α,β-unsaturated/α-hetero) is 2. The summed E-state index contributed by atoms with van der Waals surface area (Å²) in [5, 5.41) is 0.826. The van der Waals surface area contributed by atoms with E-state index in [-0.39, 0.29) is 11.1 Å². The molecule has 1 spiro atoms. The van der Waals surface area contributed by atoms with Crippen LogP contribution in [0.5, 0.6) is 0 Å². The molecule has 3 unspecified atom stereocenters. The second-order valence-electron chi connectivity index (χ2n) is 8.98. The van der Waals surface area contributed by atoms with E-state index in [1.807, 2.05) is 0 Å². The monoisotopic (exact) mass is 505 g/mol. The predicted octanol–water partition coefficient (Wildman–Crippen LogP) is 5.00. The maximum absolute atomic E-state index is 14.0. The summed E-state index contributed by atoms with van der Waals surface area (Å²) >= 11 is 12.2. The summed E-state index contributed by atoms with van der Waals surface area (Å²) in [6.07, 6.45) is -1.000. The number of hydrogen-bond acceptors (Lipinski definition) is 5. The molecule has 2 heterocycles. The van der Waals surface area contributed by atoms with Gasteiger partial charge in [0.1, 0.15) is 0 Å². The van der Waals surface area contributed by atoms with Gasteiger partial charge < -0.3 is 4.74 Å². The summed E-state index contributed by atoms with van der Waals surface area (Å²) in [6.45, 7) is 1.75. The zero-order chi connectivity index (χ0) is 24.6. The third-order valence-corrected chi connectivity index (χ3v) is 7.62. The Morgan fingerprint density at radius 3 is 2.03 bits per heavy atom. The molecule has 3 aliphatic rings. The molecule has 8 heteroatoms. The van der Waals surface area contributed by atoms with Gasteiger partial charge in [-0.3, -0.25) is 19.2 Å². The number of benzene rings is 3. The second kappa shape index (κ2) is 7.59. The van der Waals surface area contributed by atoms with Gasteiger partial charge in [0.05, 0.1) is 23.6 Å². The number of amides is 2. The summed E-state index contributed by atoms with van der Waals surface area (Å²) in [5.74, 6) is -4.80. The van der Waals surface area contributed by atoms with E-state index < -0.39 is 46.9 Å². The molecule has 3 atom stereocenters. The highest BCUT2D eigenvalue weighted by Crippen LogP contribution is 2.58. The molecule has 0 saturated carbocycles. The van der Waals surface area contributed by atoms with Crippen molar-refractivity contribution in [1.29, 1.82) is 0 Å². The van der Waals surface area contributed by atoms with Crippen LogP contribution >= 0.6 is 23.2 Å². The number of carbonyl (C=O) groups is 4. The van der Waals surface area contributed by atoms with E-state index in [0.717, 1.165) is 4.90 Å². The SMILES string of the molecule is Cc1ccc(Cl)cc1N1C(=O)C2C(c3ccc(Cl)cc3)OC3(C(=O)c4ccccc4C3=O)C2C1=O. The van der Waals surface area contributed by atoms with Crippen LogP contribution in [0.3, 0.4) is 0 Å². The van der Waals surface area contributed by atoms with E-state index in [1.165, 1.54) is 6.07 Å². The number of ether oxygens (including phenoxy) is 1. The molecule has 3 aromatic rings. The van der Waals surface area contributed by atoms with Crippen molar-refractivity contribution in [2.45, 2.75) is 18.6 Å². The molecule has 0 radical (unpaired) electrons. The zero-order valence-corrected chi connectivity index (χ0v) is 19.8. The van der Waals surface area contributed by atoms with Crippen molar-refractivity contribution < 1.29 is 23.9 Å². The summed E-state index contributed by atoms with van der Waals surface area (Å²) < 4.78 is 6.25. The molecular weight excluding hydrogens is 489 g/mol. The van der Waals surface area contributed by atoms with Crippen LogP contribution in [-0.2, 0) is 14.3 Å². The van der Waals surface area contributed by atoms with Crippen LogP contribution < -0.4 is 4.90 Å². The van der Waals surface area contributed by atoms with Gasteiger partial charge in [0, 0.05) is 21.2 Å². The molecular formula is C27H17Cl2NO5.